The van der Waals surface area contributed by atoms with E-state index in [1.165, 1.54) is 23.6 Å². The number of alkyl halides is 3. The Morgan fingerprint density at radius 3 is 1.61 bits per heavy atom. The molecule has 26 heteroatoms. The van der Waals surface area contributed by atoms with Crippen molar-refractivity contribution < 1.29 is 92.4 Å². The summed E-state index contributed by atoms with van der Waals surface area (Å²) in [7, 11) is 1.85. The second-order valence-corrected chi connectivity index (χ2v) is 17.5. The highest BCUT2D eigenvalue weighted by atomic mass is 32.1. The second-order valence-electron chi connectivity index (χ2n) is 16.5. The predicted octanol–water partition coefficient (Wildman–Crippen LogP) is 6.61. The van der Waals surface area contributed by atoms with Gasteiger partial charge in [-0.05, 0) is 37.1 Å². The highest BCUT2D eigenvalue weighted by Gasteiger charge is 2.47. The van der Waals surface area contributed by atoms with Crippen LogP contribution in [-0.2, 0) is 63.5 Å². The summed E-state index contributed by atoms with van der Waals surface area (Å²) >= 11 is 1.33. The molecule has 1 aliphatic rings. The molecule has 76 heavy (non-hydrogen) atoms. The fraction of sp³-hybridized carbons (Fsp3) is 0.600. The maximum Gasteiger partial charge on any atom is 0.413 e. The van der Waals surface area contributed by atoms with Crippen molar-refractivity contribution in [2.75, 3.05) is 152 Å². The smallest absolute Gasteiger partial charge is 0.413 e. The molecular formula is C50H68F7N5O13S. The lowest BCUT2D eigenvalue weighted by molar-refractivity contribution is -0.190. The second kappa shape index (κ2) is 36.4. The number of carbonyl (C=O) groups is 2. The molecule has 0 spiro atoms. The number of nitrogens with two attached hydrogens (primary N) is 1. The first-order valence-electron chi connectivity index (χ1n) is 24.6. The molecule has 1 atom stereocenters. The Labute approximate surface area is 441 Å². The number of halogens is 7. The molecule has 0 radical (unpaired) electrons. The van der Waals surface area contributed by atoms with Crippen molar-refractivity contribution in [3.63, 3.8) is 0 Å². The van der Waals surface area contributed by atoms with Crippen molar-refractivity contribution >= 4 is 40.8 Å². The van der Waals surface area contributed by atoms with Crippen LogP contribution in [0, 0.1) is 23.3 Å². The van der Waals surface area contributed by atoms with Gasteiger partial charge in [0.15, 0.2) is 17.7 Å². The zero-order chi connectivity index (χ0) is 55.0. The third-order valence-corrected chi connectivity index (χ3v) is 11.4. The third-order valence-electron chi connectivity index (χ3n) is 10.5. The van der Waals surface area contributed by atoms with Crippen LogP contribution in [0.15, 0.2) is 46.4 Å². The molecule has 18 nitrogen and oxygen atoms in total. The van der Waals surface area contributed by atoms with E-state index in [0.29, 0.717) is 141 Å². The van der Waals surface area contributed by atoms with Gasteiger partial charge in [0.25, 0.3) is 5.91 Å². The van der Waals surface area contributed by atoms with Crippen LogP contribution >= 0.6 is 11.3 Å². The maximum atomic E-state index is 14.7. The number of benzene rings is 1. The van der Waals surface area contributed by atoms with Gasteiger partial charge in [-0.2, -0.15) is 22.0 Å². The van der Waals surface area contributed by atoms with E-state index >= 15 is 0 Å². The summed E-state index contributed by atoms with van der Waals surface area (Å²) in [5.74, 6) is -10.2. The highest BCUT2D eigenvalue weighted by Crippen LogP contribution is 2.40. The lowest BCUT2D eigenvalue weighted by atomic mass is 10.0. The van der Waals surface area contributed by atoms with Crippen LogP contribution in [0.1, 0.15) is 48.4 Å². The molecule has 0 fully saturated rings. The van der Waals surface area contributed by atoms with Crippen molar-refractivity contribution in [3.8, 4) is 5.75 Å². The molecule has 3 heterocycles. The minimum Gasteiger partial charge on any atom is -0.420 e. The predicted molar refractivity (Wildman–Crippen MR) is 264 cm³/mol. The molecule has 2 N–H and O–H groups in total. The molecule has 0 saturated heterocycles. The number of likely N-dealkylation sites (N-methyl/N-ethyl adjacent to an activating group) is 1. The standard InChI is InChI=1S/C50H68F7N5O13S/c1-3-8-62(49(64)37-31-42-41(7-30-76-42)60-43(58)32-37)48(50(55,56)57)36-4-5-38(59-34-36)35-61(2)9-11-66-13-15-68-17-19-70-21-23-72-25-27-74-29-28-73-26-24-71-22-20-69-18-16-67-14-12-65-10-6-44(63)75-47-45(53)39(51)33-40(52)46(47)54/h4-5,7,30-31,33-34,48H,3,6,8-29,32,35H2,1-2H3,(H2,58,60). The number of hydrogen-bond donors (Lipinski definition) is 1. The summed E-state index contributed by atoms with van der Waals surface area (Å²) in [4.78, 5) is 37.5. The Balaban J connectivity index is 0.879. The number of aromatic nitrogens is 1. The number of nitrogens with zero attached hydrogens (tertiary/aromatic N) is 4. The Hall–Kier alpha value is -4.71. The van der Waals surface area contributed by atoms with E-state index < -0.39 is 59.5 Å². The fourth-order valence-electron chi connectivity index (χ4n) is 6.88. The minimum absolute atomic E-state index is 0.00998. The van der Waals surface area contributed by atoms with E-state index in [1.54, 1.807) is 30.5 Å². The molecule has 3 aromatic rings. The molecule has 426 valence electrons. The molecule has 0 bridgehead atoms. The first-order valence-corrected chi connectivity index (χ1v) is 25.5. The van der Waals surface area contributed by atoms with Crippen molar-refractivity contribution in [2.45, 2.75) is 44.9 Å². The Morgan fingerprint density at radius 1 is 0.684 bits per heavy atom. The summed E-state index contributed by atoms with van der Waals surface area (Å²) in [5, 5.41) is 1.78. The Morgan fingerprint density at radius 2 is 1.16 bits per heavy atom. The van der Waals surface area contributed by atoms with Gasteiger partial charge in [-0.1, -0.05) is 13.0 Å². The topological polar surface area (TPSA) is 193 Å². The van der Waals surface area contributed by atoms with Gasteiger partial charge < -0.3 is 62.7 Å². The van der Waals surface area contributed by atoms with Gasteiger partial charge in [-0.25, -0.2) is 13.8 Å². The van der Waals surface area contributed by atoms with Crippen LogP contribution < -0.4 is 10.5 Å². The van der Waals surface area contributed by atoms with Crippen LogP contribution in [0.5, 0.6) is 5.75 Å². The van der Waals surface area contributed by atoms with E-state index in [4.69, 9.17) is 53.1 Å². The number of hydrogen-bond acceptors (Lipinski definition) is 18. The fourth-order valence-corrected chi connectivity index (χ4v) is 7.67. The van der Waals surface area contributed by atoms with Crippen LogP contribution in [0.2, 0.25) is 0 Å². The largest absolute Gasteiger partial charge is 0.420 e. The minimum atomic E-state index is -4.76. The maximum absolute atomic E-state index is 14.7. The molecule has 4 rings (SSSR count). The molecule has 0 saturated carbocycles. The van der Waals surface area contributed by atoms with Crippen LogP contribution in [0.3, 0.4) is 0 Å². The SMILES string of the molecule is CCCN(C(=O)C1=Cc2sccc2N=C(N)C1)C(c1ccc(CN(C)CCOCCOCCOCCOCCOCCOCCOCCOCCOCCOCCC(=O)Oc2c(F)c(F)cc(F)c2F)nc1)C(F)(F)F. The lowest BCUT2D eigenvalue weighted by Crippen LogP contribution is -2.43. The molecule has 1 aliphatic heterocycles. The monoisotopic (exact) mass is 1110 g/mol. The van der Waals surface area contributed by atoms with Crippen molar-refractivity contribution in [2.24, 2.45) is 10.7 Å². The highest BCUT2D eigenvalue weighted by molar-refractivity contribution is 7.11. The summed E-state index contributed by atoms with van der Waals surface area (Å²) in [6, 6.07) is 2.48. The summed E-state index contributed by atoms with van der Waals surface area (Å²) < 4.78 is 157. The average Bonchev–Trinajstić information content (AvgIpc) is 3.75. The van der Waals surface area contributed by atoms with Gasteiger partial charge in [0.1, 0.15) is 5.84 Å². The summed E-state index contributed by atoms with van der Waals surface area (Å²) in [5.41, 5.74) is 7.19. The molecule has 0 aliphatic carbocycles. The van der Waals surface area contributed by atoms with E-state index in [-0.39, 0.29) is 62.4 Å². The lowest BCUT2D eigenvalue weighted by Gasteiger charge is -2.34. The number of thiophene rings is 1. The van der Waals surface area contributed by atoms with Crippen molar-refractivity contribution in [3.05, 3.63) is 80.8 Å². The van der Waals surface area contributed by atoms with Crippen LogP contribution in [0.25, 0.3) is 6.08 Å². The van der Waals surface area contributed by atoms with Gasteiger partial charge >= 0.3 is 12.1 Å². The number of ether oxygens (including phenoxy) is 11. The number of esters is 1. The average molecular weight is 1110 g/mol. The quantitative estimate of drug-likeness (QED) is 0.0210. The van der Waals surface area contributed by atoms with Crippen molar-refractivity contribution in [1.29, 1.82) is 0 Å². The molecule has 1 amide bonds. The van der Waals surface area contributed by atoms with Crippen LogP contribution in [-0.4, -0.2) is 191 Å². The Kier molecular flexibility index (Phi) is 30.6. The van der Waals surface area contributed by atoms with E-state index in [9.17, 15) is 40.3 Å². The number of rotatable bonds is 41. The molecule has 1 unspecified atom stereocenters. The zero-order valence-electron chi connectivity index (χ0n) is 42.7. The third kappa shape index (κ3) is 24.3. The van der Waals surface area contributed by atoms with Gasteiger partial charge in [-0.3, -0.25) is 19.5 Å². The van der Waals surface area contributed by atoms with Gasteiger partial charge in [0.05, 0.1) is 155 Å². The first-order chi connectivity index (χ1) is 36.7. The van der Waals surface area contributed by atoms with Crippen LogP contribution in [0.4, 0.5) is 36.4 Å². The van der Waals surface area contributed by atoms with Crippen molar-refractivity contribution in [1.82, 2.24) is 14.8 Å². The zero-order valence-corrected chi connectivity index (χ0v) is 43.5. The molecule has 2 aromatic heterocycles. The number of amidine groups is 1. The van der Waals surface area contributed by atoms with Gasteiger partial charge in [0.2, 0.25) is 17.4 Å². The van der Waals surface area contributed by atoms with Gasteiger partial charge in [0, 0.05) is 49.5 Å². The van der Waals surface area contributed by atoms with E-state index in [0.717, 1.165) is 4.90 Å². The van der Waals surface area contributed by atoms with E-state index in [1.807, 2.05) is 11.9 Å². The first kappa shape index (κ1) is 63.8. The number of amides is 1. The van der Waals surface area contributed by atoms with Gasteiger partial charge in [-0.15, -0.1) is 11.3 Å². The Bertz CT molecular complexity index is 2190. The number of aliphatic imine (C=N–C) groups is 1. The number of carbonyl (C=O) groups excluding carboxylic acids is 2. The normalized spacial score (nSPS) is 13.1. The number of pyridine rings is 1. The number of fused-ring (bicyclic) bond motifs is 1. The molecular weight excluding hydrogens is 1040 g/mol. The summed E-state index contributed by atoms with van der Waals surface area (Å²) in [6.45, 7) is 9.07. The molecule has 1 aromatic carbocycles. The van der Waals surface area contributed by atoms with E-state index in [2.05, 4.69) is 14.7 Å². The summed E-state index contributed by atoms with van der Waals surface area (Å²) in [6.07, 6.45) is -2.15.